The van der Waals surface area contributed by atoms with Crippen LogP contribution in [0.4, 0.5) is 0 Å². The molecule has 0 spiro atoms. The highest BCUT2D eigenvalue weighted by atomic mass is 16.5. The Hall–Kier alpha value is -1.61. The van der Waals surface area contributed by atoms with Gasteiger partial charge in [-0.2, -0.15) is 0 Å². The van der Waals surface area contributed by atoms with Crippen molar-refractivity contribution in [2.24, 2.45) is 0 Å². The summed E-state index contributed by atoms with van der Waals surface area (Å²) < 4.78 is 4.46. The molecule has 3 heteroatoms. The van der Waals surface area contributed by atoms with Gasteiger partial charge in [-0.25, -0.2) is 4.79 Å². The Balaban J connectivity index is 3.53. The molecule has 0 saturated heterocycles. The number of rotatable bonds is 14. The molecule has 0 fully saturated rings. The molecule has 136 valence electrons. The summed E-state index contributed by atoms with van der Waals surface area (Å²) in [6.07, 6.45) is 25.2. The Labute approximate surface area is 147 Å². The molecule has 1 N–H and O–H groups in total. The fraction of sp³-hybridized carbons (Fsp3) is 0.571. The van der Waals surface area contributed by atoms with E-state index in [0.29, 0.717) is 12.8 Å². The molecule has 0 aromatic rings. The first-order valence-electron chi connectivity index (χ1n) is 9.08. The summed E-state index contributed by atoms with van der Waals surface area (Å²) in [5, 5.41) is 9.40. The van der Waals surface area contributed by atoms with E-state index in [4.69, 9.17) is 0 Å². The van der Waals surface area contributed by atoms with E-state index in [1.54, 1.807) is 0 Å². The second kappa shape index (κ2) is 17.7. The Kier molecular flexibility index (Phi) is 16.5. The van der Waals surface area contributed by atoms with E-state index in [2.05, 4.69) is 48.1 Å². The van der Waals surface area contributed by atoms with Gasteiger partial charge in [-0.3, -0.25) is 0 Å². The van der Waals surface area contributed by atoms with Crippen LogP contribution in [-0.4, -0.2) is 24.3 Å². The quantitative estimate of drug-likeness (QED) is 0.267. The third-order valence-electron chi connectivity index (χ3n) is 3.54. The maximum atomic E-state index is 11.0. The minimum atomic E-state index is -1.01. The first-order chi connectivity index (χ1) is 11.7. The number of hydrogen-bond acceptors (Lipinski definition) is 3. The Morgan fingerprint density at radius 2 is 1.38 bits per heavy atom. The van der Waals surface area contributed by atoms with Gasteiger partial charge < -0.3 is 9.84 Å². The van der Waals surface area contributed by atoms with Crippen LogP contribution in [-0.2, 0) is 9.53 Å². The van der Waals surface area contributed by atoms with E-state index in [-0.39, 0.29) is 0 Å². The van der Waals surface area contributed by atoms with Crippen molar-refractivity contribution in [2.75, 3.05) is 7.11 Å². The summed E-state index contributed by atoms with van der Waals surface area (Å²) in [4.78, 5) is 11.0. The van der Waals surface area contributed by atoms with Crippen molar-refractivity contribution in [2.45, 2.75) is 70.8 Å². The number of ether oxygens (including phenoxy) is 1. The zero-order valence-corrected chi connectivity index (χ0v) is 15.3. The second-order valence-electron chi connectivity index (χ2n) is 5.70. The largest absolute Gasteiger partial charge is 0.467 e. The Morgan fingerprint density at radius 3 is 1.88 bits per heavy atom. The van der Waals surface area contributed by atoms with Gasteiger partial charge in [0.05, 0.1) is 7.11 Å². The standard InChI is InChI=1S/C21H34O3/c1-3-4-5-6-7-8-9-10-11-12-13-14-15-16-17-18-19-20(22)21(23)24-2/h7-8,10-11,13-14,16-17,20,22H,3-6,9,12,15,18-19H2,1-2H3/b8-7-,11-10-,14-13-,17-16-. The van der Waals surface area contributed by atoms with E-state index in [1.807, 2.05) is 12.2 Å². The number of aliphatic hydroxyl groups is 1. The van der Waals surface area contributed by atoms with E-state index < -0.39 is 12.1 Å². The monoisotopic (exact) mass is 334 g/mol. The molecule has 0 bridgehead atoms. The lowest BCUT2D eigenvalue weighted by molar-refractivity contribution is -0.150. The first kappa shape index (κ1) is 22.4. The van der Waals surface area contributed by atoms with Crippen molar-refractivity contribution >= 4 is 5.97 Å². The lowest BCUT2D eigenvalue weighted by atomic mass is 10.2. The third-order valence-corrected chi connectivity index (χ3v) is 3.54. The van der Waals surface area contributed by atoms with Crippen LogP contribution >= 0.6 is 0 Å². The van der Waals surface area contributed by atoms with Crippen molar-refractivity contribution in [3.05, 3.63) is 48.6 Å². The molecule has 0 aliphatic heterocycles. The van der Waals surface area contributed by atoms with Gasteiger partial charge in [0.25, 0.3) is 0 Å². The minimum Gasteiger partial charge on any atom is -0.467 e. The molecule has 0 heterocycles. The number of hydrogen-bond donors (Lipinski definition) is 1. The topological polar surface area (TPSA) is 46.5 Å². The maximum absolute atomic E-state index is 11.0. The number of methoxy groups -OCH3 is 1. The molecule has 0 saturated carbocycles. The van der Waals surface area contributed by atoms with Crippen molar-refractivity contribution < 1.29 is 14.6 Å². The first-order valence-corrected chi connectivity index (χ1v) is 9.08. The van der Waals surface area contributed by atoms with Gasteiger partial charge in [0.2, 0.25) is 0 Å². The fourth-order valence-electron chi connectivity index (χ4n) is 2.07. The van der Waals surface area contributed by atoms with Gasteiger partial charge in [0.1, 0.15) is 0 Å². The van der Waals surface area contributed by atoms with E-state index in [0.717, 1.165) is 19.3 Å². The summed E-state index contributed by atoms with van der Waals surface area (Å²) >= 11 is 0. The van der Waals surface area contributed by atoms with Gasteiger partial charge in [-0.05, 0) is 44.9 Å². The van der Waals surface area contributed by atoms with Crippen LogP contribution in [0.15, 0.2) is 48.6 Å². The van der Waals surface area contributed by atoms with Crippen LogP contribution in [0.1, 0.15) is 64.7 Å². The van der Waals surface area contributed by atoms with Crippen LogP contribution in [0.25, 0.3) is 0 Å². The van der Waals surface area contributed by atoms with Crippen molar-refractivity contribution in [1.29, 1.82) is 0 Å². The molecule has 1 unspecified atom stereocenters. The molecular formula is C21H34O3. The lowest BCUT2D eigenvalue weighted by Gasteiger charge is -2.05. The average Bonchev–Trinajstić information content (AvgIpc) is 2.60. The second-order valence-corrected chi connectivity index (χ2v) is 5.70. The van der Waals surface area contributed by atoms with Crippen LogP contribution in [0, 0.1) is 0 Å². The molecule has 0 aromatic carbocycles. The van der Waals surface area contributed by atoms with E-state index in [9.17, 15) is 9.90 Å². The summed E-state index contributed by atoms with van der Waals surface area (Å²) in [6, 6.07) is 0. The minimum absolute atomic E-state index is 0.404. The maximum Gasteiger partial charge on any atom is 0.334 e. The number of carbonyl (C=O) groups excluding carboxylic acids is 1. The zero-order valence-electron chi connectivity index (χ0n) is 15.3. The third kappa shape index (κ3) is 15.3. The van der Waals surface area contributed by atoms with Crippen molar-refractivity contribution in [3.8, 4) is 0 Å². The summed E-state index contributed by atoms with van der Waals surface area (Å²) in [6.45, 7) is 2.23. The highest BCUT2D eigenvalue weighted by Gasteiger charge is 2.13. The average molecular weight is 335 g/mol. The predicted molar refractivity (Wildman–Crippen MR) is 102 cm³/mol. The molecule has 0 amide bonds. The summed E-state index contributed by atoms with van der Waals surface area (Å²) in [7, 11) is 1.28. The number of esters is 1. The van der Waals surface area contributed by atoms with Crippen LogP contribution < -0.4 is 0 Å². The molecule has 0 radical (unpaired) electrons. The number of allylic oxidation sites excluding steroid dienone is 8. The van der Waals surface area contributed by atoms with Gasteiger partial charge in [0, 0.05) is 0 Å². The highest BCUT2D eigenvalue weighted by molar-refractivity contribution is 5.74. The number of unbranched alkanes of at least 4 members (excludes halogenated alkanes) is 3. The van der Waals surface area contributed by atoms with E-state index >= 15 is 0 Å². The summed E-state index contributed by atoms with van der Waals surface area (Å²) in [5.41, 5.74) is 0. The molecule has 0 aliphatic rings. The molecule has 0 aliphatic carbocycles. The fourth-order valence-corrected chi connectivity index (χ4v) is 2.07. The van der Waals surface area contributed by atoms with Crippen molar-refractivity contribution in [3.63, 3.8) is 0 Å². The predicted octanol–water partition coefficient (Wildman–Crippen LogP) is 5.28. The summed E-state index contributed by atoms with van der Waals surface area (Å²) in [5.74, 6) is -0.564. The van der Waals surface area contributed by atoms with Crippen LogP contribution in [0.3, 0.4) is 0 Å². The van der Waals surface area contributed by atoms with Gasteiger partial charge >= 0.3 is 5.97 Å². The molecular weight excluding hydrogens is 300 g/mol. The number of aliphatic hydroxyl groups excluding tert-OH is 1. The van der Waals surface area contributed by atoms with Gasteiger partial charge in [-0.1, -0.05) is 68.4 Å². The van der Waals surface area contributed by atoms with Gasteiger partial charge in [0.15, 0.2) is 6.10 Å². The SMILES string of the molecule is CCCCC/C=C\C/C=C\C/C=C\C/C=C\CCC(O)C(=O)OC. The lowest BCUT2D eigenvalue weighted by Crippen LogP contribution is -2.21. The molecule has 3 nitrogen and oxygen atoms in total. The van der Waals surface area contributed by atoms with Crippen molar-refractivity contribution in [1.82, 2.24) is 0 Å². The molecule has 0 aromatic heterocycles. The molecule has 1 atom stereocenters. The van der Waals surface area contributed by atoms with E-state index in [1.165, 1.54) is 32.8 Å². The molecule has 24 heavy (non-hydrogen) atoms. The zero-order chi connectivity index (χ0) is 17.9. The molecule has 0 rings (SSSR count). The number of carbonyl (C=O) groups is 1. The van der Waals surface area contributed by atoms with Gasteiger partial charge in [-0.15, -0.1) is 0 Å². The van der Waals surface area contributed by atoms with Crippen LogP contribution in [0.2, 0.25) is 0 Å². The normalized spacial score (nSPS) is 13.6. The van der Waals surface area contributed by atoms with Crippen LogP contribution in [0.5, 0.6) is 0 Å². The Morgan fingerprint density at radius 1 is 0.875 bits per heavy atom. The highest BCUT2D eigenvalue weighted by Crippen LogP contribution is 2.02. The smallest absolute Gasteiger partial charge is 0.334 e. The Bertz CT molecular complexity index is 405.